The number of rotatable bonds is 13. The van der Waals surface area contributed by atoms with Crippen molar-refractivity contribution >= 4 is 5.97 Å². The molecular weight excluding hydrogens is 534 g/mol. The molecule has 5 rings (SSSR count). The van der Waals surface area contributed by atoms with Crippen molar-refractivity contribution in [2.75, 3.05) is 27.6 Å². The summed E-state index contributed by atoms with van der Waals surface area (Å²) in [4.78, 5) is 14.3. The van der Waals surface area contributed by atoms with E-state index in [4.69, 9.17) is 23.7 Å². The Morgan fingerprint density at radius 3 is 2.24 bits per heavy atom. The van der Waals surface area contributed by atoms with Gasteiger partial charge in [-0.1, -0.05) is 66.7 Å². The summed E-state index contributed by atoms with van der Waals surface area (Å²) in [5.74, 6) is 1.67. The van der Waals surface area contributed by atoms with E-state index in [1.54, 1.807) is 14.2 Å². The van der Waals surface area contributed by atoms with E-state index in [-0.39, 0.29) is 25.9 Å². The highest BCUT2D eigenvalue weighted by molar-refractivity contribution is 5.75. The molecule has 0 radical (unpaired) electrons. The van der Waals surface area contributed by atoms with Gasteiger partial charge in [-0.3, -0.25) is 9.69 Å². The van der Waals surface area contributed by atoms with E-state index >= 15 is 0 Å². The van der Waals surface area contributed by atoms with Crippen LogP contribution in [0.2, 0.25) is 0 Å². The zero-order valence-electron chi connectivity index (χ0n) is 23.8. The predicted molar refractivity (Wildman–Crippen MR) is 158 cm³/mol. The number of fused-ring (bicyclic) bond motifs is 1. The van der Waals surface area contributed by atoms with Crippen LogP contribution < -0.4 is 18.9 Å². The molecule has 0 fully saturated rings. The second-order valence-corrected chi connectivity index (χ2v) is 10.0. The quantitative estimate of drug-likeness (QED) is 0.213. The fourth-order valence-electron chi connectivity index (χ4n) is 5.06. The Bertz CT molecular complexity index is 1440. The first-order valence-electron chi connectivity index (χ1n) is 13.8. The fourth-order valence-corrected chi connectivity index (χ4v) is 5.06. The van der Waals surface area contributed by atoms with Gasteiger partial charge in [-0.05, 0) is 47.0 Å². The Morgan fingerprint density at radius 2 is 1.57 bits per heavy atom. The van der Waals surface area contributed by atoms with Gasteiger partial charge in [0.25, 0.3) is 0 Å². The van der Waals surface area contributed by atoms with Crippen LogP contribution in [0.15, 0.2) is 97.1 Å². The number of hydrogen-bond donors (Lipinski definition) is 1. The number of benzene rings is 4. The molecule has 1 N–H and O–H groups in total. The van der Waals surface area contributed by atoms with E-state index < -0.39 is 12.0 Å². The summed E-state index contributed by atoms with van der Waals surface area (Å²) in [5, 5.41) is 10.2. The van der Waals surface area contributed by atoms with Crippen LogP contribution in [0.5, 0.6) is 23.0 Å². The smallest absolute Gasteiger partial charge is 0.321 e. The predicted octanol–water partition coefficient (Wildman–Crippen LogP) is 5.89. The molecule has 0 saturated heterocycles. The summed E-state index contributed by atoms with van der Waals surface area (Å²) in [7, 11) is 3.21. The van der Waals surface area contributed by atoms with Gasteiger partial charge in [-0.15, -0.1) is 0 Å². The molecule has 8 nitrogen and oxygen atoms in total. The zero-order valence-corrected chi connectivity index (χ0v) is 23.8. The van der Waals surface area contributed by atoms with E-state index in [0.717, 1.165) is 28.0 Å². The van der Waals surface area contributed by atoms with E-state index in [1.165, 1.54) is 0 Å². The monoisotopic (exact) mass is 569 g/mol. The molecule has 0 saturated carbocycles. The minimum absolute atomic E-state index is 0.123. The van der Waals surface area contributed by atoms with Gasteiger partial charge in [0.05, 0.1) is 20.8 Å². The molecule has 0 aliphatic carbocycles. The van der Waals surface area contributed by atoms with Gasteiger partial charge in [0.1, 0.15) is 37.0 Å². The lowest BCUT2D eigenvalue weighted by molar-refractivity contribution is -0.147. The van der Waals surface area contributed by atoms with Gasteiger partial charge in [0, 0.05) is 18.5 Å². The van der Waals surface area contributed by atoms with Gasteiger partial charge in [-0.2, -0.15) is 0 Å². The normalized spacial score (nSPS) is 15.3. The second kappa shape index (κ2) is 13.9. The van der Waals surface area contributed by atoms with Crippen molar-refractivity contribution in [2.45, 2.75) is 31.7 Å². The highest BCUT2D eigenvalue weighted by Crippen LogP contribution is 2.39. The number of carbonyl (C=O) groups is 1. The van der Waals surface area contributed by atoms with Gasteiger partial charge < -0.3 is 28.8 Å². The minimum atomic E-state index is -0.921. The van der Waals surface area contributed by atoms with Crippen LogP contribution in [-0.4, -0.2) is 49.6 Å². The SMILES string of the molecule is COc1ccc(O[C@H](COCN2Cc3ccc(OC)c(OCc4ccccc4)c3C[C@H]2C(=O)O)c2ccccc2)cc1. The third kappa shape index (κ3) is 7.02. The standard InChI is InChI=1S/C34H35NO7/c1-38-27-14-16-28(17-15-27)42-32(25-11-7-4-8-12-25)22-40-23-35-20-26-13-18-31(39-2)33(29(26)19-30(35)34(36)37)41-21-24-9-5-3-6-10-24/h3-18,30,32H,19-23H2,1-2H3,(H,36,37)/t30-,32+/m0/s1. The molecule has 4 aromatic carbocycles. The first kappa shape index (κ1) is 29.0. The molecule has 42 heavy (non-hydrogen) atoms. The molecule has 1 heterocycles. The fraction of sp³-hybridized carbons (Fsp3) is 0.265. The Kier molecular flexibility index (Phi) is 9.59. The van der Waals surface area contributed by atoms with Crippen LogP contribution in [0.25, 0.3) is 0 Å². The maximum absolute atomic E-state index is 12.4. The molecule has 1 aliphatic heterocycles. The number of hydrogen-bond acceptors (Lipinski definition) is 7. The van der Waals surface area contributed by atoms with Crippen molar-refractivity contribution in [3.8, 4) is 23.0 Å². The molecule has 0 bridgehead atoms. The van der Waals surface area contributed by atoms with Crippen LogP contribution in [-0.2, 0) is 29.1 Å². The number of methoxy groups -OCH3 is 2. The maximum Gasteiger partial charge on any atom is 0.321 e. The van der Waals surface area contributed by atoms with Crippen LogP contribution in [0, 0.1) is 0 Å². The average Bonchev–Trinajstić information content (AvgIpc) is 3.03. The lowest BCUT2D eigenvalue weighted by Crippen LogP contribution is -2.46. The van der Waals surface area contributed by atoms with Gasteiger partial charge in [0.15, 0.2) is 11.5 Å². The number of carboxylic acids is 1. The average molecular weight is 570 g/mol. The van der Waals surface area contributed by atoms with Crippen molar-refractivity contribution in [1.82, 2.24) is 4.90 Å². The molecule has 0 amide bonds. The lowest BCUT2D eigenvalue weighted by Gasteiger charge is -2.35. The molecule has 218 valence electrons. The van der Waals surface area contributed by atoms with Crippen molar-refractivity contribution in [3.05, 3.63) is 119 Å². The third-order valence-corrected chi connectivity index (χ3v) is 7.30. The lowest BCUT2D eigenvalue weighted by atomic mass is 9.93. The van der Waals surface area contributed by atoms with Crippen molar-refractivity contribution in [2.24, 2.45) is 0 Å². The van der Waals surface area contributed by atoms with Gasteiger partial charge >= 0.3 is 5.97 Å². The summed E-state index contributed by atoms with van der Waals surface area (Å²) in [5.41, 5.74) is 3.80. The molecule has 0 spiro atoms. The van der Waals surface area contributed by atoms with Crippen LogP contribution >= 0.6 is 0 Å². The minimum Gasteiger partial charge on any atom is -0.497 e. The van der Waals surface area contributed by atoms with Crippen molar-refractivity contribution in [1.29, 1.82) is 0 Å². The summed E-state index contributed by atoms with van der Waals surface area (Å²) in [6.07, 6.45) is -0.123. The Balaban J connectivity index is 1.30. The van der Waals surface area contributed by atoms with Crippen LogP contribution in [0.4, 0.5) is 0 Å². The van der Waals surface area contributed by atoms with Crippen LogP contribution in [0.3, 0.4) is 0 Å². The van der Waals surface area contributed by atoms with E-state index in [9.17, 15) is 9.90 Å². The number of ether oxygens (including phenoxy) is 5. The highest BCUT2D eigenvalue weighted by Gasteiger charge is 2.34. The Hall–Kier alpha value is -4.53. The highest BCUT2D eigenvalue weighted by atomic mass is 16.5. The Morgan fingerprint density at radius 1 is 0.881 bits per heavy atom. The molecule has 0 unspecified atom stereocenters. The van der Waals surface area contributed by atoms with Gasteiger partial charge in [-0.25, -0.2) is 0 Å². The number of nitrogens with zero attached hydrogens (tertiary/aromatic N) is 1. The largest absolute Gasteiger partial charge is 0.497 e. The van der Waals surface area contributed by atoms with Crippen molar-refractivity contribution in [3.63, 3.8) is 0 Å². The topological polar surface area (TPSA) is 86.7 Å². The van der Waals surface area contributed by atoms with Crippen molar-refractivity contribution < 1.29 is 33.6 Å². The second-order valence-electron chi connectivity index (χ2n) is 10.0. The first-order chi connectivity index (χ1) is 20.6. The van der Waals surface area contributed by atoms with E-state index in [2.05, 4.69) is 0 Å². The van der Waals surface area contributed by atoms with E-state index in [0.29, 0.717) is 30.4 Å². The molecular formula is C34H35NO7. The number of aliphatic carboxylic acids is 1. The zero-order chi connectivity index (χ0) is 29.3. The molecule has 8 heteroatoms. The van der Waals surface area contributed by atoms with E-state index in [1.807, 2.05) is 102 Å². The van der Waals surface area contributed by atoms with Crippen LogP contribution in [0.1, 0.15) is 28.4 Å². The summed E-state index contributed by atoms with van der Waals surface area (Å²) in [6.45, 7) is 1.11. The first-order valence-corrected chi connectivity index (χ1v) is 13.8. The Labute approximate surface area is 246 Å². The molecule has 2 atom stereocenters. The summed E-state index contributed by atoms with van der Waals surface area (Å²) in [6, 6.07) is 30.1. The molecule has 4 aromatic rings. The molecule has 1 aliphatic rings. The number of carboxylic acid groups (broad SMARTS) is 1. The summed E-state index contributed by atoms with van der Waals surface area (Å²) >= 11 is 0. The third-order valence-electron chi connectivity index (χ3n) is 7.30. The summed E-state index contributed by atoms with van der Waals surface area (Å²) < 4.78 is 29.5. The van der Waals surface area contributed by atoms with Gasteiger partial charge in [0.2, 0.25) is 0 Å². The maximum atomic E-state index is 12.4. The molecule has 0 aromatic heterocycles.